The van der Waals surface area contributed by atoms with Gasteiger partial charge in [0, 0.05) is 18.9 Å². The number of aryl methyl sites for hydroxylation is 2. The van der Waals surface area contributed by atoms with Crippen LogP contribution in [-0.4, -0.2) is 35.4 Å². The van der Waals surface area contributed by atoms with Crippen molar-refractivity contribution in [1.29, 1.82) is 0 Å². The molecule has 1 fully saturated rings. The van der Waals surface area contributed by atoms with Gasteiger partial charge in [0.15, 0.2) is 0 Å². The molecule has 1 amide bonds. The van der Waals surface area contributed by atoms with E-state index in [4.69, 9.17) is 5.73 Å². The lowest BCUT2D eigenvalue weighted by Crippen LogP contribution is -2.43. The van der Waals surface area contributed by atoms with Crippen LogP contribution in [0.5, 0.6) is 0 Å². The maximum atomic E-state index is 12.2. The quantitative estimate of drug-likeness (QED) is 0.888. The average molecular weight is 323 g/mol. The minimum atomic E-state index is -0.536. The monoisotopic (exact) mass is 323 g/mol. The van der Waals surface area contributed by atoms with Gasteiger partial charge in [-0.15, -0.1) is 0 Å². The van der Waals surface area contributed by atoms with Crippen molar-refractivity contribution in [3.8, 4) is 0 Å². The van der Waals surface area contributed by atoms with Crippen LogP contribution in [0.2, 0.25) is 0 Å². The third-order valence-corrected chi connectivity index (χ3v) is 5.21. The van der Waals surface area contributed by atoms with Crippen molar-refractivity contribution in [3.63, 3.8) is 0 Å². The first kappa shape index (κ1) is 16.7. The van der Waals surface area contributed by atoms with Gasteiger partial charge in [-0.05, 0) is 62.0 Å². The van der Waals surface area contributed by atoms with Crippen molar-refractivity contribution in [2.45, 2.75) is 31.6 Å². The summed E-state index contributed by atoms with van der Waals surface area (Å²) in [7, 11) is 0. The van der Waals surface area contributed by atoms with Crippen molar-refractivity contribution < 1.29 is 4.79 Å². The van der Waals surface area contributed by atoms with Gasteiger partial charge in [0.05, 0.1) is 5.41 Å². The second-order valence-corrected chi connectivity index (χ2v) is 6.74. The van der Waals surface area contributed by atoms with Gasteiger partial charge in [-0.1, -0.05) is 30.3 Å². The van der Waals surface area contributed by atoms with E-state index in [1.165, 1.54) is 11.1 Å². The molecule has 0 aliphatic carbocycles. The van der Waals surface area contributed by atoms with Crippen LogP contribution in [0, 0.1) is 6.92 Å². The molecule has 2 N–H and O–H groups in total. The predicted octanol–water partition coefficient (Wildman–Crippen LogP) is 2.45. The van der Waals surface area contributed by atoms with Crippen molar-refractivity contribution in [2.75, 3.05) is 19.6 Å². The number of hydrogen-bond donors (Lipinski definition) is 1. The molecule has 0 bridgehead atoms. The van der Waals surface area contributed by atoms with Crippen molar-refractivity contribution in [2.24, 2.45) is 5.73 Å². The van der Waals surface area contributed by atoms with Crippen LogP contribution in [0.3, 0.4) is 0 Å². The summed E-state index contributed by atoms with van der Waals surface area (Å²) in [6.45, 7) is 4.75. The molecule has 1 aromatic heterocycles. The van der Waals surface area contributed by atoms with E-state index in [0.29, 0.717) is 0 Å². The fourth-order valence-corrected chi connectivity index (χ4v) is 3.67. The van der Waals surface area contributed by atoms with Crippen LogP contribution in [0.4, 0.5) is 0 Å². The third kappa shape index (κ3) is 3.34. The van der Waals surface area contributed by atoms with Crippen LogP contribution in [0.15, 0.2) is 48.8 Å². The van der Waals surface area contributed by atoms with Gasteiger partial charge in [0.1, 0.15) is 0 Å². The number of amides is 1. The number of rotatable bonds is 6. The molecular weight excluding hydrogens is 298 g/mol. The summed E-state index contributed by atoms with van der Waals surface area (Å²) in [5, 5.41) is 0. The molecule has 3 rings (SSSR count). The summed E-state index contributed by atoms with van der Waals surface area (Å²) >= 11 is 0. The van der Waals surface area contributed by atoms with Crippen molar-refractivity contribution >= 4 is 5.91 Å². The van der Waals surface area contributed by atoms with E-state index in [1.807, 2.05) is 42.7 Å². The summed E-state index contributed by atoms with van der Waals surface area (Å²) in [4.78, 5) is 18.8. The number of carbonyl (C=O) groups excluding carboxylic acids is 1. The summed E-state index contributed by atoms with van der Waals surface area (Å²) in [5.74, 6) is -0.209. The van der Waals surface area contributed by atoms with Gasteiger partial charge in [-0.3, -0.25) is 9.78 Å². The number of nitrogens with two attached hydrogens (primary N) is 1. The first-order chi connectivity index (χ1) is 11.6. The predicted molar refractivity (Wildman–Crippen MR) is 95.7 cm³/mol. The number of primary amides is 1. The normalized spacial score (nSPS) is 21.0. The van der Waals surface area contributed by atoms with E-state index in [0.717, 1.165) is 44.5 Å². The highest BCUT2D eigenvalue weighted by atomic mass is 16.1. The molecule has 1 aliphatic heterocycles. The molecule has 1 aliphatic rings. The molecule has 1 unspecified atom stereocenters. The maximum Gasteiger partial charge on any atom is 0.229 e. The third-order valence-electron chi connectivity index (χ3n) is 5.21. The number of benzene rings is 1. The molecule has 1 atom stereocenters. The molecule has 2 heterocycles. The Morgan fingerprint density at radius 2 is 2.08 bits per heavy atom. The fraction of sp³-hybridized carbons (Fsp3) is 0.400. The lowest BCUT2D eigenvalue weighted by atomic mass is 9.79. The number of likely N-dealkylation sites (tertiary alicyclic amines) is 1. The maximum absolute atomic E-state index is 12.2. The van der Waals surface area contributed by atoms with Crippen molar-refractivity contribution in [3.05, 3.63) is 65.5 Å². The molecule has 0 spiro atoms. The smallest absolute Gasteiger partial charge is 0.229 e. The van der Waals surface area contributed by atoms with Crippen LogP contribution >= 0.6 is 0 Å². The number of hydrogen-bond acceptors (Lipinski definition) is 3. The largest absolute Gasteiger partial charge is 0.369 e. The average Bonchev–Trinajstić information content (AvgIpc) is 3.03. The highest BCUT2D eigenvalue weighted by Crippen LogP contribution is 2.34. The number of aromatic nitrogens is 1. The van der Waals surface area contributed by atoms with E-state index < -0.39 is 5.41 Å². The summed E-state index contributed by atoms with van der Waals surface area (Å²) < 4.78 is 0. The number of nitrogens with zero attached hydrogens (tertiary/aromatic N) is 2. The van der Waals surface area contributed by atoms with Gasteiger partial charge in [0.2, 0.25) is 5.91 Å². The molecule has 2 aromatic rings. The van der Waals surface area contributed by atoms with Gasteiger partial charge in [-0.25, -0.2) is 0 Å². The molecule has 1 saturated heterocycles. The van der Waals surface area contributed by atoms with Gasteiger partial charge >= 0.3 is 0 Å². The lowest BCUT2D eigenvalue weighted by Gasteiger charge is -2.26. The highest BCUT2D eigenvalue weighted by molar-refractivity contribution is 5.87. The molecule has 1 aromatic carbocycles. The minimum Gasteiger partial charge on any atom is -0.369 e. The van der Waals surface area contributed by atoms with Crippen LogP contribution < -0.4 is 5.73 Å². The summed E-state index contributed by atoms with van der Waals surface area (Å²) in [6, 6.07) is 12.0. The fourth-order valence-electron chi connectivity index (χ4n) is 3.67. The molecule has 4 nitrogen and oxygen atoms in total. The highest BCUT2D eigenvalue weighted by Gasteiger charge is 2.44. The Morgan fingerprint density at radius 1 is 1.29 bits per heavy atom. The lowest BCUT2D eigenvalue weighted by molar-refractivity contribution is -0.123. The van der Waals surface area contributed by atoms with Gasteiger partial charge in [0.25, 0.3) is 0 Å². The SMILES string of the molecule is Cc1ccncc1CCCN1CCC(C(N)=O)(c2ccccc2)C1. The van der Waals surface area contributed by atoms with Crippen molar-refractivity contribution in [1.82, 2.24) is 9.88 Å². The van der Waals surface area contributed by atoms with Crippen LogP contribution in [0.25, 0.3) is 0 Å². The zero-order valence-corrected chi connectivity index (χ0v) is 14.2. The minimum absolute atomic E-state index is 0.209. The zero-order chi connectivity index (χ0) is 17.0. The summed E-state index contributed by atoms with van der Waals surface area (Å²) in [6.07, 6.45) is 6.68. The van der Waals surface area contributed by atoms with E-state index >= 15 is 0 Å². The van der Waals surface area contributed by atoms with Crippen LogP contribution in [-0.2, 0) is 16.6 Å². The van der Waals surface area contributed by atoms with E-state index in [1.54, 1.807) is 0 Å². The Morgan fingerprint density at radius 3 is 2.79 bits per heavy atom. The number of pyridine rings is 1. The molecule has 4 heteroatoms. The Hall–Kier alpha value is -2.20. The molecule has 24 heavy (non-hydrogen) atoms. The van der Waals surface area contributed by atoms with E-state index in [-0.39, 0.29) is 5.91 Å². The van der Waals surface area contributed by atoms with E-state index in [2.05, 4.69) is 22.9 Å². The molecule has 0 saturated carbocycles. The Kier molecular flexibility index (Phi) is 4.95. The standard InChI is InChI=1S/C20H25N3O/c1-16-9-11-22-14-17(16)6-5-12-23-13-10-20(15-23,19(21)24)18-7-3-2-4-8-18/h2-4,7-9,11,14H,5-6,10,12-13,15H2,1H3,(H2,21,24). The van der Waals surface area contributed by atoms with E-state index in [9.17, 15) is 4.79 Å². The molecule has 0 radical (unpaired) electrons. The number of carbonyl (C=O) groups is 1. The Balaban J connectivity index is 1.62. The van der Waals surface area contributed by atoms with Gasteiger partial charge < -0.3 is 10.6 Å². The second-order valence-electron chi connectivity index (χ2n) is 6.74. The first-order valence-corrected chi connectivity index (χ1v) is 8.59. The topological polar surface area (TPSA) is 59.2 Å². The summed E-state index contributed by atoms with van der Waals surface area (Å²) in [5.41, 5.74) is 8.90. The zero-order valence-electron chi connectivity index (χ0n) is 14.2. The Labute approximate surface area is 143 Å². The van der Waals surface area contributed by atoms with Gasteiger partial charge in [-0.2, -0.15) is 0 Å². The molecule has 126 valence electrons. The Bertz CT molecular complexity index is 701. The van der Waals surface area contributed by atoms with Crippen LogP contribution in [0.1, 0.15) is 29.5 Å². The second kappa shape index (κ2) is 7.14. The first-order valence-electron chi connectivity index (χ1n) is 8.59. The molecular formula is C20H25N3O.